The molecule has 4 heterocycles. The molecule has 6 heteroatoms. The first-order valence-corrected chi connectivity index (χ1v) is 14.1. The minimum atomic E-state index is -0.0121. The lowest BCUT2D eigenvalue weighted by Gasteiger charge is -2.71. The van der Waals surface area contributed by atoms with Crippen LogP contribution in [0.25, 0.3) is 0 Å². The van der Waals surface area contributed by atoms with Gasteiger partial charge >= 0.3 is 0 Å². The maximum Gasteiger partial charge on any atom is 0.265 e. The van der Waals surface area contributed by atoms with Gasteiger partial charge in [-0.1, -0.05) is 30.3 Å². The minimum absolute atomic E-state index is 0.0121. The molecule has 0 aromatic heterocycles. The fourth-order valence-corrected chi connectivity index (χ4v) is 8.70. The Morgan fingerprint density at radius 2 is 1.92 bits per heavy atom. The molecule has 7 rings (SSSR count). The zero-order valence-electron chi connectivity index (χ0n) is 21.8. The number of carbonyl (C=O) groups excluding carboxylic acids is 1. The van der Waals surface area contributed by atoms with Crippen molar-refractivity contribution in [1.29, 1.82) is 0 Å². The summed E-state index contributed by atoms with van der Waals surface area (Å²) in [5.74, 6) is 0.883. The number of piperidine rings is 1. The molecule has 1 aliphatic carbocycles. The maximum atomic E-state index is 12.9. The Balaban J connectivity index is 1.23. The van der Waals surface area contributed by atoms with Gasteiger partial charge in [0.25, 0.3) is 5.91 Å². The number of hydrogen-bond donors (Lipinski definition) is 1. The van der Waals surface area contributed by atoms with Gasteiger partial charge in [0.2, 0.25) is 0 Å². The quantitative estimate of drug-likeness (QED) is 0.547. The molecule has 1 N–H and O–H groups in total. The highest BCUT2D eigenvalue weighted by Crippen LogP contribution is 2.71. The number of benzene rings is 2. The summed E-state index contributed by atoms with van der Waals surface area (Å²) in [7, 11) is 1.74. The Hall–Kier alpha value is -2.67. The van der Waals surface area contributed by atoms with E-state index in [2.05, 4.69) is 58.2 Å². The molecule has 4 saturated heterocycles. The monoisotopic (exact) mass is 498 g/mol. The molecule has 6 unspecified atom stereocenters. The van der Waals surface area contributed by atoms with Crippen molar-refractivity contribution in [2.75, 3.05) is 26.7 Å². The van der Waals surface area contributed by atoms with Gasteiger partial charge in [0.15, 0.2) is 0 Å². The molecule has 1 spiro atoms. The number of likely N-dealkylation sites (tertiary alicyclic amines) is 1. The molecule has 4 aliphatic heterocycles. The summed E-state index contributed by atoms with van der Waals surface area (Å²) in [6.07, 6.45) is 9.61. The summed E-state index contributed by atoms with van der Waals surface area (Å²) in [6, 6.07) is 19.6. The fourth-order valence-electron chi connectivity index (χ4n) is 8.70. The number of hydrogen-bond acceptors (Lipinski definition) is 5. The Morgan fingerprint density at radius 1 is 1.11 bits per heavy atom. The van der Waals surface area contributed by atoms with Gasteiger partial charge in [-0.3, -0.25) is 20.0 Å². The number of rotatable bonds is 8. The first-order valence-electron chi connectivity index (χ1n) is 14.1. The van der Waals surface area contributed by atoms with E-state index in [-0.39, 0.29) is 11.9 Å². The van der Waals surface area contributed by atoms with Gasteiger partial charge in [-0.25, -0.2) is 5.01 Å². The van der Waals surface area contributed by atoms with Crippen molar-refractivity contribution in [3.8, 4) is 5.75 Å². The number of nitrogens with one attached hydrogen (secondary N) is 1. The van der Waals surface area contributed by atoms with Crippen LogP contribution in [0.1, 0.15) is 66.1 Å². The molecule has 5 fully saturated rings. The Kier molecular flexibility index (Phi) is 5.68. The number of nitrogens with zero attached hydrogens (tertiary/aromatic N) is 3. The van der Waals surface area contributed by atoms with Gasteiger partial charge < -0.3 is 4.74 Å². The van der Waals surface area contributed by atoms with Crippen LogP contribution in [0.15, 0.2) is 61.2 Å². The highest BCUT2D eigenvalue weighted by atomic mass is 16.5. The largest absolute Gasteiger partial charge is 0.497 e. The zero-order chi connectivity index (χ0) is 25.1. The predicted molar refractivity (Wildman–Crippen MR) is 144 cm³/mol. The molecule has 2 bridgehead atoms. The standard InChI is InChI=1S/C31H38N4O2/c1-3-17-34-26-15-16-31(26)27-14-13-25(29(31)34)35(27)28(23-7-6-8-24(20-23)37-2)21-9-11-22(12-10-21)30(36)32-33-18-4-5-19-33/h3,6-12,20,25-29H,1,4-5,13-19H2,2H3,(H,32,36). The van der Waals surface area contributed by atoms with E-state index in [1.165, 1.54) is 36.8 Å². The number of fused-ring (bicyclic) bond motifs is 3. The topological polar surface area (TPSA) is 48.0 Å². The average Bonchev–Trinajstić information content (AvgIpc) is 3.64. The van der Waals surface area contributed by atoms with E-state index in [4.69, 9.17) is 4.74 Å². The number of hydrazine groups is 1. The molecule has 2 aromatic carbocycles. The second kappa shape index (κ2) is 8.97. The van der Waals surface area contributed by atoms with Crippen molar-refractivity contribution in [1.82, 2.24) is 20.2 Å². The minimum Gasteiger partial charge on any atom is -0.497 e. The molecule has 194 valence electrons. The third-order valence-electron chi connectivity index (χ3n) is 10.1. The molecule has 5 aliphatic rings. The summed E-state index contributed by atoms with van der Waals surface area (Å²) in [5, 5.41) is 2.04. The third kappa shape index (κ3) is 3.38. The van der Waals surface area contributed by atoms with Crippen LogP contribution in [0.3, 0.4) is 0 Å². The zero-order valence-corrected chi connectivity index (χ0v) is 21.8. The van der Waals surface area contributed by atoms with E-state index in [0.29, 0.717) is 23.5 Å². The summed E-state index contributed by atoms with van der Waals surface area (Å²) < 4.78 is 5.64. The Labute approximate surface area is 220 Å². The van der Waals surface area contributed by atoms with Gasteiger partial charge in [-0.15, -0.1) is 6.58 Å². The Morgan fingerprint density at radius 3 is 2.62 bits per heavy atom. The lowest BCUT2D eigenvalue weighted by molar-refractivity contribution is -0.204. The van der Waals surface area contributed by atoms with Crippen LogP contribution in [0, 0.1) is 5.41 Å². The van der Waals surface area contributed by atoms with E-state index >= 15 is 0 Å². The van der Waals surface area contributed by atoms with Crippen LogP contribution in [0.2, 0.25) is 0 Å². The van der Waals surface area contributed by atoms with Gasteiger partial charge in [0.05, 0.1) is 13.2 Å². The van der Waals surface area contributed by atoms with E-state index in [0.717, 1.165) is 49.8 Å². The summed E-state index contributed by atoms with van der Waals surface area (Å²) in [6.45, 7) is 6.93. The molecule has 6 atom stereocenters. The van der Waals surface area contributed by atoms with Crippen LogP contribution in [-0.4, -0.2) is 71.6 Å². The van der Waals surface area contributed by atoms with Crippen molar-refractivity contribution in [3.63, 3.8) is 0 Å². The second-order valence-electron chi connectivity index (χ2n) is 11.6. The molecule has 37 heavy (non-hydrogen) atoms. The maximum absolute atomic E-state index is 12.9. The molecule has 1 saturated carbocycles. The highest BCUT2D eigenvalue weighted by molar-refractivity contribution is 5.93. The molecule has 6 nitrogen and oxygen atoms in total. The highest BCUT2D eigenvalue weighted by Gasteiger charge is 2.78. The van der Waals surface area contributed by atoms with Gasteiger partial charge in [0.1, 0.15) is 5.75 Å². The third-order valence-corrected chi connectivity index (χ3v) is 10.1. The van der Waals surface area contributed by atoms with E-state index in [1.54, 1.807) is 7.11 Å². The van der Waals surface area contributed by atoms with Crippen molar-refractivity contribution in [2.24, 2.45) is 5.41 Å². The van der Waals surface area contributed by atoms with Crippen molar-refractivity contribution in [2.45, 2.75) is 68.7 Å². The van der Waals surface area contributed by atoms with E-state index in [9.17, 15) is 4.79 Å². The lowest BCUT2D eigenvalue weighted by Crippen LogP contribution is -2.80. The van der Waals surface area contributed by atoms with Crippen molar-refractivity contribution < 1.29 is 9.53 Å². The van der Waals surface area contributed by atoms with Crippen LogP contribution in [-0.2, 0) is 0 Å². The number of carbonyl (C=O) groups is 1. The van der Waals surface area contributed by atoms with Crippen molar-refractivity contribution >= 4 is 5.91 Å². The summed E-state index contributed by atoms with van der Waals surface area (Å²) in [5.41, 5.74) is 6.79. The molecular weight excluding hydrogens is 460 g/mol. The molecule has 2 aromatic rings. The van der Waals surface area contributed by atoms with E-state index in [1.807, 2.05) is 23.2 Å². The van der Waals surface area contributed by atoms with Gasteiger partial charge in [0, 0.05) is 54.8 Å². The molecule has 1 amide bonds. The van der Waals surface area contributed by atoms with E-state index < -0.39 is 0 Å². The van der Waals surface area contributed by atoms with Crippen LogP contribution in [0.4, 0.5) is 0 Å². The normalized spacial score (nSPS) is 33.2. The first-order chi connectivity index (χ1) is 18.2. The average molecular weight is 499 g/mol. The number of amides is 1. The van der Waals surface area contributed by atoms with Crippen molar-refractivity contribution in [3.05, 3.63) is 77.9 Å². The van der Waals surface area contributed by atoms with Crippen LogP contribution >= 0.6 is 0 Å². The summed E-state index contributed by atoms with van der Waals surface area (Å²) >= 11 is 0. The lowest BCUT2D eigenvalue weighted by atomic mass is 9.47. The molecular formula is C31H38N4O2. The predicted octanol–water partition coefficient (Wildman–Crippen LogP) is 4.39. The molecule has 0 radical (unpaired) electrons. The first kappa shape index (κ1) is 23.4. The van der Waals surface area contributed by atoms with Gasteiger partial charge in [-0.2, -0.15) is 0 Å². The summed E-state index contributed by atoms with van der Waals surface area (Å²) in [4.78, 5) is 18.5. The number of ether oxygens (including phenoxy) is 1. The second-order valence-corrected chi connectivity index (χ2v) is 11.6. The fraction of sp³-hybridized carbons (Fsp3) is 0.516. The van der Waals surface area contributed by atoms with Crippen LogP contribution in [0.5, 0.6) is 5.75 Å². The SMILES string of the molecule is C=CCN1C2CCC23C1C1CCC3N1C(c1ccc(C(=O)NN2CCCC2)cc1)c1cccc(OC)c1. The van der Waals surface area contributed by atoms with Gasteiger partial charge in [-0.05, 0) is 73.9 Å². The Bertz CT molecular complexity index is 1190. The smallest absolute Gasteiger partial charge is 0.265 e. The number of methoxy groups -OCH3 is 1. The van der Waals surface area contributed by atoms with Crippen LogP contribution < -0.4 is 10.2 Å².